The molecule has 2 heterocycles. The van der Waals surface area contributed by atoms with Gasteiger partial charge in [0.2, 0.25) is 0 Å². The SMILES string of the molecule is CCc1c(-c2ccc(C(=O)NC)nc2)cnc(CNCCNC(=O)OC(C)(C)C)c1-c1ccc(O)cc1. The predicted octanol–water partition coefficient (Wildman–Crippen LogP) is 4.05. The van der Waals surface area contributed by atoms with Gasteiger partial charge >= 0.3 is 6.09 Å². The second-order valence-corrected chi connectivity index (χ2v) is 9.49. The number of benzene rings is 1. The summed E-state index contributed by atoms with van der Waals surface area (Å²) in [7, 11) is 1.57. The van der Waals surface area contributed by atoms with Gasteiger partial charge < -0.3 is 25.8 Å². The molecule has 0 spiro atoms. The molecular weight excluding hydrogens is 470 g/mol. The molecule has 0 aliphatic rings. The molecule has 0 saturated heterocycles. The summed E-state index contributed by atoms with van der Waals surface area (Å²) in [5.74, 6) is -0.0550. The van der Waals surface area contributed by atoms with Crippen LogP contribution >= 0.6 is 0 Å². The van der Waals surface area contributed by atoms with Crippen molar-refractivity contribution in [3.63, 3.8) is 0 Å². The van der Waals surface area contributed by atoms with Crippen molar-refractivity contribution in [2.45, 2.75) is 46.3 Å². The molecule has 1 aromatic carbocycles. The number of nitrogens with one attached hydrogen (secondary N) is 3. The van der Waals surface area contributed by atoms with E-state index in [1.54, 1.807) is 31.4 Å². The smallest absolute Gasteiger partial charge is 0.407 e. The number of phenolic OH excluding ortho intramolecular Hbond substituents is 1. The molecule has 2 aromatic heterocycles. The lowest BCUT2D eigenvalue weighted by atomic mass is 9.90. The van der Waals surface area contributed by atoms with Crippen molar-refractivity contribution in [1.29, 1.82) is 0 Å². The van der Waals surface area contributed by atoms with E-state index in [4.69, 9.17) is 9.72 Å². The number of rotatable bonds is 9. The highest BCUT2D eigenvalue weighted by molar-refractivity contribution is 5.92. The Morgan fingerprint density at radius 2 is 1.68 bits per heavy atom. The average Bonchev–Trinajstić information content (AvgIpc) is 2.87. The van der Waals surface area contributed by atoms with E-state index in [1.165, 1.54) is 0 Å². The Labute approximate surface area is 217 Å². The largest absolute Gasteiger partial charge is 0.508 e. The van der Waals surface area contributed by atoms with Gasteiger partial charge in [-0.05, 0) is 56.5 Å². The summed E-state index contributed by atoms with van der Waals surface area (Å²) in [6, 6.07) is 10.6. The number of hydrogen-bond donors (Lipinski definition) is 4. The zero-order valence-corrected chi connectivity index (χ0v) is 22.0. The molecule has 9 heteroatoms. The fraction of sp³-hybridized carbons (Fsp3) is 0.357. The van der Waals surface area contributed by atoms with Crippen molar-refractivity contribution in [2.24, 2.45) is 0 Å². The van der Waals surface area contributed by atoms with Crippen LogP contribution in [0.15, 0.2) is 48.8 Å². The van der Waals surface area contributed by atoms with Crippen molar-refractivity contribution < 1.29 is 19.4 Å². The molecule has 196 valence electrons. The van der Waals surface area contributed by atoms with Crippen molar-refractivity contribution in [3.05, 3.63) is 65.7 Å². The number of amides is 2. The number of alkyl carbamates (subject to hydrolysis) is 1. The fourth-order valence-electron chi connectivity index (χ4n) is 3.90. The van der Waals surface area contributed by atoms with E-state index in [0.717, 1.165) is 39.9 Å². The standard InChI is InChI=1S/C28H35N5O4/c1-6-21-22(19-9-12-23(32-15-19)26(35)29-5)16-33-24(25(21)18-7-10-20(34)11-8-18)17-30-13-14-31-27(36)37-28(2,3)4/h7-12,15-16,30,34H,6,13-14,17H2,1-5H3,(H,29,35)(H,31,36). The van der Waals surface area contributed by atoms with Crippen LogP contribution in [0, 0.1) is 0 Å². The molecule has 4 N–H and O–H groups in total. The molecule has 0 atom stereocenters. The second-order valence-electron chi connectivity index (χ2n) is 9.49. The Kier molecular flexibility index (Phi) is 9.19. The number of nitrogens with zero attached hydrogens (tertiary/aromatic N) is 2. The number of aromatic hydroxyl groups is 1. The van der Waals surface area contributed by atoms with Gasteiger partial charge in [0, 0.05) is 55.8 Å². The summed E-state index contributed by atoms with van der Waals surface area (Å²) in [6.45, 7) is 8.97. The number of carbonyl (C=O) groups is 2. The van der Waals surface area contributed by atoms with E-state index >= 15 is 0 Å². The summed E-state index contributed by atoms with van der Waals surface area (Å²) in [5.41, 5.74) is 5.42. The third-order valence-electron chi connectivity index (χ3n) is 5.57. The van der Waals surface area contributed by atoms with Crippen molar-refractivity contribution in [1.82, 2.24) is 25.9 Å². The van der Waals surface area contributed by atoms with E-state index in [0.29, 0.717) is 25.3 Å². The number of carbonyl (C=O) groups excluding carboxylic acids is 2. The van der Waals surface area contributed by atoms with E-state index < -0.39 is 11.7 Å². The summed E-state index contributed by atoms with van der Waals surface area (Å²) >= 11 is 0. The molecule has 0 aliphatic carbocycles. The van der Waals surface area contributed by atoms with Gasteiger partial charge in [-0.15, -0.1) is 0 Å². The van der Waals surface area contributed by atoms with Crippen molar-refractivity contribution >= 4 is 12.0 Å². The molecule has 0 aliphatic heterocycles. The highest BCUT2D eigenvalue weighted by Gasteiger charge is 2.18. The summed E-state index contributed by atoms with van der Waals surface area (Å²) < 4.78 is 5.26. The monoisotopic (exact) mass is 505 g/mol. The summed E-state index contributed by atoms with van der Waals surface area (Å²) in [5, 5.41) is 18.5. The molecular formula is C28H35N5O4. The first-order valence-corrected chi connectivity index (χ1v) is 12.3. The van der Waals surface area contributed by atoms with Gasteiger partial charge in [-0.3, -0.25) is 14.8 Å². The van der Waals surface area contributed by atoms with Gasteiger partial charge in [-0.25, -0.2) is 4.79 Å². The Balaban J connectivity index is 1.86. The van der Waals surface area contributed by atoms with Gasteiger partial charge in [0.25, 0.3) is 5.91 Å². The highest BCUT2D eigenvalue weighted by atomic mass is 16.6. The van der Waals surface area contributed by atoms with Gasteiger partial charge in [0.05, 0.1) is 5.69 Å². The topological polar surface area (TPSA) is 125 Å². The van der Waals surface area contributed by atoms with E-state index in [1.807, 2.05) is 45.2 Å². The quantitative estimate of drug-likeness (QED) is 0.323. The first kappa shape index (κ1) is 27.6. The van der Waals surface area contributed by atoms with Crippen LogP contribution in [-0.2, 0) is 17.7 Å². The van der Waals surface area contributed by atoms with E-state index in [-0.39, 0.29) is 11.7 Å². The molecule has 0 bridgehead atoms. The maximum absolute atomic E-state index is 11.9. The van der Waals surface area contributed by atoms with E-state index in [2.05, 4.69) is 27.9 Å². The minimum absolute atomic E-state index is 0.188. The third kappa shape index (κ3) is 7.50. The molecule has 3 rings (SSSR count). The first-order chi connectivity index (χ1) is 17.6. The molecule has 3 aromatic rings. The van der Waals surface area contributed by atoms with Crippen LogP contribution in [0.5, 0.6) is 5.75 Å². The highest BCUT2D eigenvalue weighted by Crippen LogP contribution is 2.35. The van der Waals surface area contributed by atoms with Crippen LogP contribution in [-0.4, -0.2) is 52.8 Å². The zero-order valence-electron chi connectivity index (χ0n) is 22.0. The van der Waals surface area contributed by atoms with Crippen molar-refractivity contribution in [3.8, 4) is 28.0 Å². The lowest BCUT2D eigenvalue weighted by Gasteiger charge is -2.20. The molecule has 0 unspecified atom stereocenters. The fourth-order valence-corrected chi connectivity index (χ4v) is 3.90. The predicted molar refractivity (Wildman–Crippen MR) is 143 cm³/mol. The maximum Gasteiger partial charge on any atom is 0.407 e. The lowest BCUT2D eigenvalue weighted by Crippen LogP contribution is -2.36. The van der Waals surface area contributed by atoms with Crippen LogP contribution in [0.1, 0.15) is 49.4 Å². The summed E-state index contributed by atoms with van der Waals surface area (Å²) in [6.07, 6.45) is 3.79. The van der Waals surface area contributed by atoms with Crippen LogP contribution in [0.2, 0.25) is 0 Å². The number of aromatic nitrogens is 2. The first-order valence-electron chi connectivity index (χ1n) is 12.3. The Hall–Kier alpha value is -3.98. The average molecular weight is 506 g/mol. The number of ether oxygens (including phenoxy) is 1. The van der Waals surface area contributed by atoms with Crippen molar-refractivity contribution in [2.75, 3.05) is 20.1 Å². The lowest BCUT2D eigenvalue weighted by molar-refractivity contribution is 0.0528. The number of hydrogen-bond acceptors (Lipinski definition) is 7. The minimum atomic E-state index is -0.545. The molecule has 0 saturated carbocycles. The van der Waals surface area contributed by atoms with Gasteiger partial charge in [-0.2, -0.15) is 0 Å². The van der Waals surface area contributed by atoms with Crippen LogP contribution in [0.25, 0.3) is 22.3 Å². The third-order valence-corrected chi connectivity index (χ3v) is 5.57. The minimum Gasteiger partial charge on any atom is -0.508 e. The molecule has 9 nitrogen and oxygen atoms in total. The zero-order chi connectivity index (χ0) is 27.0. The number of pyridine rings is 2. The molecule has 0 radical (unpaired) electrons. The van der Waals surface area contributed by atoms with E-state index in [9.17, 15) is 14.7 Å². The van der Waals surface area contributed by atoms with Crippen LogP contribution in [0.3, 0.4) is 0 Å². The molecule has 37 heavy (non-hydrogen) atoms. The summed E-state index contributed by atoms with van der Waals surface area (Å²) in [4.78, 5) is 32.9. The van der Waals surface area contributed by atoms with Crippen LogP contribution in [0.4, 0.5) is 4.79 Å². The number of phenols is 1. The van der Waals surface area contributed by atoms with Gasteiger partial charge in [0.15, 0.2) is 0 Å². The van der Waals surface area contributed by atoms with Crippen LogP contribution < -0.4 is 16.0 Å². The Morgan fingerprint density at radius 3 is 2.27 bits per heavy atom. The Morgan fingerprint density at radius 1 is 0.973 bits per heavy atom. The van der Waals surface area contributed by atoms with Gasteiger partial charge in [-0.1, -0.05) is 25.1 Å². The second kappa shape index (κ2) is 12.3. The Bertz CT molecular complexity index is 1220. The molecule has 2 amide bonds. The maximum atomic E-state index is 11.9. The van der Waals surface area contributed by atoms with Gasteiger partial charge in [0.1, 0.15) is 17.0 Å². The normalized spacial score (nSPS) is 11.2. The molecule has 0 fully saturated rings.